The van der Waals surface area contributed by atoms with Crippen LogP contribution in [-0.4, -0.2) is 36.1 Å². The number of rotatable bonds is 5. The van der Waals surface area contributed by atoms with Crippen LogP contribution in [0.5, 0.6) is 5.75 Å². The molecule has 4 N–H and O–H groups in total. The number of hydrogen-bond donors (Lipinski definition) is 3. The van der Waals surface area contributed by atoms with E-state index in [0.29, 0.717) is 27.6 Å². The van der Waals surface area contributed by atoms with Crippen molar-refractivity contribution in [3.05, 3.63) is 52.1 Å². The van der Waals surface area contributed by atoms with E-state index in [9.17, 15) is 18.3 Å². The van der Waals surface area contributed by atoms with Gasteiger partial charge in [-0.05, 0) is 81.3 Å². The summed E-state index contributed by atoms with van der Waals surface area (Å²) in [5.41, 5.74) is 9.57. The zero-order valence-corrected chi connectivity index (χ0v) is 20.4. The van der Waals surface area contributed by atoms with Crippen molar-refractivity contribution >= 4 is 26.7 Å². The van der Waals surface area contributed by atoms with Crippen LogP contribution in [0.15, 0.2) is 34.2 Å². The average molecular weight is 471 g/mol. The predicted octanol–water partition coefficient (Wildman–Crippen LogP) is 3.98. The number of aliphatic carboxylic acids is 1. The smallest absolute Gasteiger partial charge is 0.320 e. The number of sulfone groups is 1. The first kappa shape index (κ1) is 23.3. The number of para-hydroxylation sites is 1. The van der Waals surface area contributed by atoms with E-state index in [2.05, 4.69) is 4.98 Å². The van der Waals surface area contributed by atoms with E-state index in [4.69, 9.17) is 10.5 Å². The molecule has 8 heteroatoms. The molecule has 1 aliphatic rings. The Morgan fingerprint density at radius 1 is 1.18 bits per heavy atom. The SMILES string of the molecule is Cc1c(C)c(S(=O)(=O)c2[nH]c3ccccc3c2C[C@H](N)C(=O)O)c(C)c2c1OC(C)(C)CC2. The molecule has 0 aliphatic carbocycles. The monoisotopic (exact) mass is 470 g/mol. The summed E-state index contributed by atoms with van der Waals surface area (Å²) in [7, 11) is -4.01. The quantitative estimate of drug-likeness (QED) is 0.518. The molecule has 176 valence electrons. The Kier molecular flexibility index (Phi) is 5.57. The standard InChI is InChI=1S/C25H30N2O5S/c1-13-14(2)22(15(3)16-10-11-25(4,5)32-21(13)16)33(30,31)23-18(12-19(26)24(28)29)17-8-6-7-9-20(17)27-23/h6-9,19,27H,10-12,26H2,1-5H3,(H,28,29)/t19-/m0/s1. The summed E-state index contributed by atoms with van der Waals surface area (Å²) in [6.45, 7) is 9.58. The van der Waals surface area contributed by atoms with E-state index >= 15 is 0 Å². The summed E-state index contributed by atoms with van der Waals surface area (Å²) >= 11 is 0. The Balaban J connectivity index is 1.97. The van der Waals surface area contributed by atoms with Crippen LogP contribution in [0.1, 0.15) is 48.1 Å². The maximum atomic E-state index is 14.1. The largest absolute Gasteiger partial charge is 0.487 e. The van der Waals surface area contributed by atoms with Gasteiger partial charge in [0, 0.05) is 17.3 Å². The number of nitrogens with two attached hydrogens (primary N) is 1. The fourth-order valence-corrected chi connectivity index (χ4v) is 6.82. The van der Waals surface area contributed by atoms with Crippen molar-refractivity contribution in [2.24, 2.45) is 5.73 Å². The lowest BCUT2D eigenvalue weighted by atomic mass is 9.88. The summed E-state index contributed by atoms with van der Waals surface area (Å²) in [6.07, 6.45) is 1.41. The Morgan fingerprint density at radius 2 is 1.85 bits per heavy atom. The van der Waals surface area contributed by atoms with E-state index in [0.717, 1.165) is 29.7 Å². The molecule has 0 amide bonds. The van der Waals surface area contributed by atoms with E-state index in [-0.39, 0.29) is 21.9 Å². The van der Waals surface area contributed by atoms with Gasteiger partial charge in [0.1, 0.15) is 22.4 Å². The van der Waals surface area contributed by atoms with Gasteiger partial charge in [0.05, 0.1) is 4.90 Å². The third kappa shape index (κ3) is 3.81. The normalized spacial score (nSPS) is 16.3. The molecule has 7 nitrogen and oxygen atoms in total. The Hall–Kier alpha value is -2.84. The van der Waals surface area contributed by atoms with Crippen molar-refractivity contribution in [2.75, 3.05) is 0 Å². The second kappa shape index (κ2) is 7.88. The number of hydrogen-bond acceptors (Lipinski definition) is 5. The zero-order chi connectivity index (χ0) is 24.3. The van der Waals surface area contributed by atoms with Crippen LogP contribution in [0.25, 0.3) is 10.9 Å². The fraction of sp³-hybridized carbons (Fsp3) is 0.400. The van der Waals surface area contributed by atoms with Gasteiger partial charge in [-0.3, -0.25) is 4.79 Å². The van der Waals surface area contributed by atoms with Crippen LogP contribution >= 0.6 is 0 Å². The molecular weight excluding hydrogens is 440 g/mol. The molecule has 0 bridgehead atoms. The molecule has 4 rings (SSSR count). The van der Waals surface area contributed by atoms with E-state index in [1.807, 2.05) is 27.7 Å². The van der Waals surface area contributed by atoms with Gasteiger partial charge in [-0.15, -0.1) is 0 Å². The maximum absolute atomic E-state index is 14.1. The molecule has 0 saturated carbocycles. The number of carboxylic acid groups (broad SMARTS) is 1. The molecule has 0 fully saturated rings. The third-order valence-electron chi connectivity index (χ3n) is 6.72. The van der Waals surface area contributed by atoms with Gasteiger partial charge < -0.3 is 20.6 Å². The molecule has 2 heterocycles. The lowest BCUT2D eigenvalue weighted by Gasteiger charge is -2.35. The zero-order valence-electron chi connectivity index (χ0n) is 19.6. The van der Waals surface area contributed by atoms with Crippen molar-refractivity contribution < 1.29 is 23.1 Å². The van der Waals surface area contributed by atoms with Gasteiger partial charge in [0.2, 0.25) is 9.84 Å². The van der Waals surface area contributed by atoms with Gasteiger partial charge in [-0.1, -0.05) is 18.2 Å². The minimum absolute atomic E-state index is 0.00278. The number of fused-ring (bicyclic) bond motifs is 2. The summed E-state index contributed by atoms with van der Waals surface area (Å²) in [6, 6.07) is 5.93. The van der Waals surface area contributed by atoms with Gasteiger partial charge >= 0.3 is 5.97 Å². The number of aromatic amines is 1. The molecule has 1 aliphatic heterocycles. The van der Waals surface area contributed by atoms with Crippen molar-refractivity contribution in [3.8, 4) is 5.75 Å². The van der Waals surface area contributed by atoms with Crippen LogP contribution in [0, 0.1) is 20.8 Å². The molecule has 1 atom stereocenters. The molecule has 3 aromatic rings. The molecule has 33 heavy (non-hydrogen) atoms. The van der Waals surface area contributed by atoms with Gasteiger partial charge in [-0.2, -0.15) is 0 Å². The average Bonchev–Trinajstić information content (AvgIpc) is 3.10. The second-order valence-electron chi connectivity index (χ2n) is 9.50. The minimum Gasteiger partial charge on any atom is -0.487 e. The number of nitrogens with one attached hydrogen (secondary N) is 1. The van der Waals surface area contributed by atoms with E-state index in [1.165, 1.54) is 0 Å². The molecule has 0 radical (unpaired) electrons. The Labute approximate surface area is 193 Å². The maximum Gasteiger partial charge on any atom is 0.320 e. The summed E-state index contributed by atoms with van der Waals surface area (Å²) in [4.78, 5) is 14.8. The van der Waals surface area contributed by atoms with Crippen molar-refractivity contribution in [2.45, 2.75) is 75.4 Å². The van der Waals surface area contributed by atoms with E-state index in [1.54, 1.807) is 31.2 Å². The number of carbonyl (C=O) groups is 1. The predicted molar refractivity (Wildman–Crippen MR) is 127 cm³/mol. The highest BCUT2D eigenvalue weighted by Crippen LogP contribution is 2.44. The van der Waals surface area contributed by atoms with Crippen LogP contribution in [0.3, 0.4) is 0 Å². The number of H-pyrrole nitrogens is 1. The van der Waals surface area contributed by atoms with Crippen LogP contribution in [0.4, 0.5) is 0 Å². The summed E-state index contributed by atoms with van der Waals surface area (Å²) in [5, 5.41) is 10.0. The second-order valence-corrected chi connectivity index (χ2v) is 11.3. The molecular formula is C25H30N2O5S. The van der Waals surface area contributed by atoms with Crippen molar-refractivity contribution in [3.63, 3.8) is 0 Å². The summed E-state index contributed by atoms with van der Waals surface area (Å²) < 4.78 is 34.5. The molecule has 1 aromatic heterocycles. The van der Waals surface area contributed by atoms with Gasteiger partial charge in [0.15, 0.2) is 0 Å². The first-order valence-corrected chi connectivity index (χ1v) is 12.5. The van der Waals surface area contributed by atoms with Crippen LogP contribution < -0.4 is 10.5 Å². The first-order chi connectivity index (χ1) is 15.3. The topological polar surface area (TPSA) is 122 Å². The molecule has 0 unspecified atom stereocenters. The highest BCUT2D eigenvalue weighted by atomic mass is 32.2. The Morgan fingerprint density at radius 3 is 2.52 bits per heavy atom. The van der Waals surface area contributed by atoms with E-state index < -0.39 is 21.8 Å². The lowest BCUT2D eigenvalue weighted by molar-refractivity contribution is -0.138. The number of ether oxygens (including phenoxy) is 1. The highest BCUT2D eigenvalue weighted by Gasteiger charge is 2.36. The van der Waals surface area contributed by atoms with Crippen LogP contribution in [0.2, 0.25) is 0 Å². The molecule has 0 spiro atoms. The fourth-order valence-electron chi connectivity index (χ4n) is 4.77. The first-order valence-electron chi connectivity index (χ1n) is 11.0. The Bertz CT molecular complexity index is 1390. The van der Waals surface area contributed by atoms with Crippen molar-refractivity contribution in [1.82, 2.24) is 4.98 Å². The van der Waals surface area contributed by atoms with Gasteiger partial charge in [-0.25, -0.2) is 8.42 Å². The number of aromatic nitrogens is 1. The summed E-state index contributed by atoms with van der Waals surface area (Å²) in [5.74, 6) is -0.412. The van der Waals surface area contributed by atoms with Crippen LogP contribution in [-0.2, 0) is 27.5 Å². The van der Waals surface area contributed by atoms with Gasteiger partial charge in [0.25, 0.3) is 0 Å². The number of benzene rings is 2. The highest BCUT2D eigenvalue weighted by molar-refractivity contribution is 7.91. The number of carboxylic acids is 1. The van der Waals surface area contributed by atoms with Crippen molar-refractivity contribution in [1.29, 1.82) is 0 Å². The third-order valence-corrected chi connectivity index (χ3v) is 8.76. The molecule has 2 aromatic carbocycles. The minimum atomic E-state index is -4.01. The molecule has 0 saturated heterocycles. The lowest BCUT2D eigenvalue weighted by Crippen LogP contribution is -2.34.